The summed E-state index contributed by atoms with van der Waals surface area (Å²) in [5.41, 5.74) is 6.14. The van der Waals surface area contributed by atoms with E-state index in [0.29, 0.717) is 6.61 Å². The fraction of sp³-hybridized carbons (Fsp3) is 0.824. The molecule has 9 heteroatoms. The molecular formula is C17H29NO8. The predicted octanol–water partition coefficient (Wildman–Crippen LogP) is 0.672. The Balaban J connectivity index is 2.94. The zero-order valence-electron chi connectivity index (χ0n) is 15.8. The summed E-state index contributed by atoms with van der Waals surface area (Å²) in [5.74, 6) is -1.70. The third kappa shape index (κ3) is 7.27. The first kappa shape index (κ1) is 22.3. The summed E-state index contributed by atoms with van der Waals surface area (Å²) in [6, 6.07) is -0.863. The van der Waals surface area contributed by atoms with Crippen LogP contribution in [-0.4, -0.2) is 61.8 Å². The number of rotatable bonds is 9. The summed E-state index contributed by atoms with van der Waals surface area (Å²) in [6.45, 7) is 5.98. The van der Waals surface area contributed by atoms with Crippen LogP contribution in [0.5, 0.6) is 0 Å². The largest absolute Gasteiger partial charge is 0.463 e. The van der Waals surface area contributed by atoms with Crippen LogP contribution in [0.15, 0.2) is 0 Å². The monoisotopic (exact) mass is 375 g/mol. The van der Waals surface area contributed by atoms with Crippen molar-refractivity contribution in [3.8, 4) is 0 Å². The van der Waals surface area contributed by atoms with Crippen LogP contribution >= 0.6 is 0 Å². The molecule has 0 aromatic rings. The molecule has 1 aliphatic heterocycles. The number of carbonyl (C=O) groups excluding carboxylic acids is 3. The van der Waals surface area contributed by atoms with Crippen LogP contribution in [0.25, 0.3) is 0 Å². The van der Waals surface area contributed by atoms with Crippen LogP contribution in [0.1, 0.15) is 47.0 Å². The van der Waals surface area contributed by atoms with Gasteiger partial charge in [-0.15, -0.1) is 0 Å². The van der Waals surface area contributed by atoms with Gasteiger partial charge >= 0.3 is 17.9 Å². The maximum absolute atomic E-state index is 11.5. The normalized spacial score (nSPS) is 28.3. The average molecular weight is 375 g/mol. The van der Waals surface area contributed by atoms with E-state index in [0.717, 1.165) is 19.3 Å². The number of nitrogens with two attached hydrogens (primary N) is 1. The van der Waals surface area contributed by atoms with Gasteiger partial charge in [-0.2, -0.15) is 0 Å². The summed E-state index contributed by atoms with van der Waals surface area (Å²) in [7, 11) is 0. The molecule has 9 nitrogen and oxygen atoms in total. The smallest absolute Gasteiger partial charge is 0.303 e. The van der Waals surface area contributed by atoms with Gasteiger partial charge in [0.2, 0.25) is 0 Å². The third-order valence-electron chi connectivity index (χ3n) is 3.78. The average Bonchev–Trinajstić information content (AvgIpc) is 2.54. The highest BCUT2D eigenvalue weighted by Gasteiger charge is 2.49. The topological polar surface area (TPSA) is 123 Å². The van der Waals surface area contributed by atoms with Crippen molar-refractivity contribution in [2.75, 3.05) is 13.2 Å². The molecule has 1 aliphatic rings. The highest BCUT2D eigenvalue weighted by molar-refractivity contribution is 5.67. The molecule has 5 atom stereocenters. The van der Waals surface area contributed by atoms with E-state index < -0.39 is 48.6 Å². The molecule has 0 saturated carbocycles. The van der Waals surface area contributed by atoms with E-state index in [1.165, 1.54) is 20.8 Å². The standard InChI is InChI=1S/C17H29NO8/c1-5-6-7-8-22-17-14(18)16(25-12(4)21)15(24-11(3)20)13(26-17)9-23-10(2)19/h13-17H,5-9,18H2,1-4H3/t13-,14-,15-,16-,17?/m1/s1. The van der Waals surface area contributed by atoms with Crippen molar-refractivity contribution in [1.29, 1.82) is 0 Å². The Morgan fingerprint density at radius 2 is 1.58 bits per heavy atom. The van der Waals surface area contributed by atoms with Crippen LogP contribution in [0.3, 0.4) is 0 Å². The van der Waals surface area contributed by atoms with E-state index in [2.05, 4.69) is 6.92 Å². The van der Waals surface area contributed by atoms with E-state index >= 15 is 0 Å². The lowest BCUT2D eigenvalue weighted by atomic mass is 9.97. The predicted molar refractivity (Wildman–Crippen MR) is 89.9 cm³/mol. The fourth-order valence-electron chi connectivity index (χ4n) is 2.63. The van der Waals surface area contributed by atoms with Gasteiger partial charge in [0.15, 0.2) is 18.5 Å². The van der Waals surface area contributed by atoms with Gasteiger partial charge in [-0.3, -0.25) is 14.4 Å². The van der Waals surface area contributed by atoms with Gasteiger partial charge < -0.3 is 29.4 Å². The van der Waals surface area contributed by atoms with Crippen molar-refractivity contribution in [2.45, 2.75) is 77.6 Å². The Morgan fingerprint density at radius 1 is 0.962 bits per heavy atom. The maximum atomic E-state index is 11.5. The first-order valence-electron chi connectivity index (χ1n) is 8.76. The minimum Gasteiger partial charge on any atom is -0.463 e. The van der Waals surface area contributed by atoms with Gasteiger partial charge in [0.05, 0.1) is 6.04 Å². The third-order valence-corrected chi connectivity index (χ3v) is 3.78. The lowest BCUT2D eigenvalue weighted by Crippen LogP contribution is -2.64. The molecule has 0 bridgehead atoms. The molecule has 1 saturated heterocycles. The molecule has 0 aromatic carbocycles. The number of hydrogen-bond donors (Lipinski definition) is 1. The Hall–Kier alpha value is -1.71. The summed E-state index contributed by atoms with van der Waals surface area (Å²) < 4.78 is 26.9. The van der Waals surface area contributed by atoms with E-state index in [4.69, 9.17) is 29.4 Å². The second kappa shape index (κ2) is 11.1. The van der Waals surface area contributed by atoms with Crippen LogP contribution in [-0.2, 0) is 38.1 Å². The highest BCUT2D eigenvalue weighted by atomic mass is 16.7. The quantitative estimate of drug-likeness (QED) is 0.352. The summed E-state index contributed by atoms with van der Waals surface area (Å²) in [5, 5.41) is 0. The molecule has 0 aromatic heterocycles. The molecule has 1 unspecified atom stereocenters. The zero-order valence-corrected chi connectivity index (χ0v) is 15.8. The van der Waals surface area contributed by atoms with Crippen molar-refractivity contribution in [3.05, 3.63) is 0 Å². The van der Waals surface area contributed by atoms with E-state index in [9.17, 15) is 14.4 Å². The van der Waals surface area contributed by atoms with Crippen molar-refractivity contribution < 1.29 is 38.1 Å². The number of esters is 3. The fourth-order valence-corrected chi connectivity index (χ4v) is 2.63. The van der Waals surface area contributed by atoms with Gasteiger partial charge in [0, 0.05) is 27.4 Å². The van der Waals surface area contributed by atoms with Gasteiger partial charge in [-0.05, 0) is 6.42 Å². The molecule has 0 aliphatic carbocycles. The highest BCUT2D eigenvalue weighted by Crippen LogP contribution is 2.26. The molecular weight excluding hydrogens is 346 g/mol. The molecule has 0 amide bonds. The zero-order chi connectivity index (χ0) is 19.7. The lowest BCUT2D eigenvalue weighted by Gasteiger charge is -2.43. The molecule has 2 N–H and O–H groups in total. The van der Waals surface area contributed by atoms with E-state index in [1.807, 2.05) is 0 Å². The van der Waals surface area contributed by atoms with Crippen LogP contribution in [0.4, 0.5) is 0 Å². The lowest BCUT2D eigenvalue weighted by molar-refractivity contribution is -0.274. The number of unbranched alkanes of at least 4 members (excludes halogenated alkanes) is 2. The van der Waals surface area contributed by atoms with E-state index in [-0.39, 0.29) is 6.61 Å². The van der Waals surface area contributed by atoms with Gasteiger partial charge in [-0.25, -0.2) is 0 Å². The van der Waals surface area contributed by atoms with Crippen LogP contribution < -0.4 is 5.73 Å². The Morgan fingerprint density at radius 3 is 2.12 bits per heavy atom. The molecule has 0 radical (unpaired) electrons. The van der Waals surface area contributed by atoms with Crippen molar-refractivity contribution >= 4 is 17.9 Å². The minimum absolute atomic E-state index is 0.188. The van der Waals surface area contributed by atoms with E-state index in [1.54, 1.807) is 0 Å². The molecule has 150 valence electrons. The second-order valence-electron chi connectivity index (χ2n) is 6.15. The minimum atomic E-state index is -1.01. The van der Waals surface area contributed by atoms with Gasteiger partial charge in [0.25, 0.3) is 0 Å². The van der Waals surface area contributed by atoms with Crippen molar-refractivity contribution in [1.82, 2.24) is 0 Å². The second-order valence-corrected chi connectivity index (χ2v) is 6.15. The SMILES string of the molecule is CCCCCOC1O[C@H](COC(C)=O)[C@@H](OC(C)=O)[C@H](OC(C)=O)[C@H]1N. The molecule has 1 rings (SSSR count). The molecule has 26 heavy (non-hydrogen) atoms. The maximum Gasteiger partial charge on any atom is 0.303 e. The summed E-state index contributed by atoms with van der Waals surface area (Å²) >= 11 is 0. The van der Waals surface area contributed by atoms with Gasteiger partial charge in [0.1, 0.15) is 12.7 Å². The number of ether oxygens (including phenoxy) is 5. The Kier molecular flexibility index (Phi) is 9.53. The molecule has 1 fully saturated rings. The first-order valence-corrected chi connectivity index (χ1v) is 8.76. The van der Waals surface area contributed by atoms with Crippen LogP contribution in [0, 0.1) is 0 Å². The Bertz CT molecular complexity index is 483. The first-order chi connectivity index (χ1) is 12.3. The molecule has 1 heterocycles. The summed E-state index contributed by atoms with van der Waals surface area (Å²) in [6.07, 6.45) is -0.915. The van der Waals surface area contributed by atoms with Crippen molar-refractivity contribution in [3.63, 3.8) is 0 Å². The van der Waals surface area contributed by atoms with Gasteiger partial charge in [-0.1, -0.05) is 19.8 Å². The molecule has 0 spiro atoms. The summed E-state index contributed by atoms with van der Waals surface area (Å²) in [4.78, 5) is 34.1. The number of carbonyl (C=O) groups is 3. The Labute approximate surface area is 153 Å². The van der Waals surface area contributed by atoms with Crippen LogP contribution in [0.2, 0.25) is 0 Å². The number of hydrogen-bond acceptors (Lipinski definition) is 9. The van der Waals surface area contributed by atoms with Crippen molar-refractivity contribution in [2.24, 2.45) is 5.73 Å².